The van der Waals surface area contributed by atoms with Crippen LogP contribution in [-0.2, 0) is 0 Å². The van der Waals surface area contributed by atoms with Gasteiger partial charge in [0, 0.05) is 30.5 Å². The Morgan fingerprint density at radius 3 is 2.90 bits per heavy atom. The van der Waals surface area contributed by atoms with Crippen molar-refractivity contribution in [2.75, 3.05) is 11.9 Å². The van der Waals surface area contributed by atoms with Gasteiger partial charge in [0.1, 0.15) is 0 Å². The van der Waals surface area contributed by atoms with Crippen LogP contribution in [0.25, 0.3) is 16.5 Å². The fourth-order valence-corrected chi connectivity index (χ4v) is 2.41. The minimum atomic E-state index is 0.574. The summed E-state index contributed by atoms with van der Waals surface area (Å²) in [6.07, 6.45) is 5.79. The highest BCUT2D eigenvalue weighted by Gasteiger charge is 2.10. The van der Waals surface area contributed by atoms with E-state index in [1.54, 1.807) is 0 Å². The summed E-state index contributed by atoms with van der Waals surface area (Å²) in [5.74, 6) is 1.46. The first-order valence-electron chi connectivity index (χ1n) is 7.28. The Bertz CT molecular complexity index is 753. The Balaban J connectivity index is 2.10. The van der Waals surface area contributed by atoms with Gasteiger partial charge < -0.3 is 5.32 Å². The molecule has 0 atom stereocenters. The Morgan fingerprint density at radius 2 is 2.10 bits per heavy atom. The molecule has 0 spiro atoms. The highest BCUT2D eigenvalue weighted by Crippen LogP contribution is 2.24. The molecule has 0 aliphatic carbocycles. The fraction of sp³-hybridized carbons (Fsp3) is 0.294. The standard InChI is InChI=1S/C17H20N4/c1-12(2)9-19-17-20-13(3)11-21(17)16-6-4-5-14-7-8-18-10-15(14)16/h4-8,10-12H,9H2,1-3H3,(H,19,20). The Labute approximate surface area is 124 Å². The van der Waals surface area contributed by atoms with Gasteiger partial charge in [-0.2, -0.15) is 0 Å². The molecule has 108 valence electrons. The topological polar surface area (TPSA) is 42.7 Å². The molecule has 2 heterocycles. The zero-order valence-corrected chi connectivity index (χ0v) is 12.7. The summed E-state index contributed by atoms with van der Waals surface area (Å²) in [4.78, 5) is 8.85. The lowest BCUT2D eigenvalue weighted by Gasteiger charge is -2.13. The molecule has 0 radical (unpaired) electrons. The molecule has 2 aromatic heterocycles. The average Bonchev–Trinajstić information content (AvgIpc) is 2.85. The molecule has 1 aromatic carbocycles. The number of benzene rings is 1. The number of imidazole rings is 1. The summed E-state index contributed by atoms with van der Waals surface area (Å²) in [5.41, 5.74) is 2.11. The van der Waals surface area contributed by atoms with E-state index in [0.29, 0.717) is 5.92 Å². The quantitative estimate of drug-likeness (QED) is 0.790. The summed E-state index contributed by atoms with van der Waals surface area (Å²) in [6.45, 7) is 7.30. The number of nitrogens with one attached hydrogen (secondary N) is 1. The zero-order valence-electron chi connectivity index (χ0n) is 12.7. The van der Waals surface area contributed by atoms with Gasteiger partial charge in [0.05, 0.1) is 11.4 Å². The molecule has 0 saturated heterocycles. The maximum absolute atomic E-state index is 4.60. The number of aryl methyl sites for hydroxylation is 1. The molecule has 0 aliphatic heterocycles. The molecule has 0 unspecified atom stereocenters. The number of hydrogen-bond acceptors (Lipinski definition) is 3. The van der Waals surface area contributed by atoms with Gasteiger partial charge in [0.25, 0.3) is 0 Å². The van der Waals surface area contributed by atoms with Crippen LogP contribution in [-0.4, -0.2) is 21.1 Å². The van der Waals surface area contributed by atoms with E-state index in [1.807, 2.05) is 25.4 Å². The number of anilines is 1. The van der Waals surface area contributed by atoms with Gasteiger partial charge in [-0.3, -0.25) is 9.55 Å². The van der Waals surface area contributed by atoms with E-state index < -0.39 is 0 Å². The maximum atomic E-state index is 4.60. The summed E-state index contributed by atoms with van der Waals surface area (Å²) in [5, 5.41) is 5.74. The molecular weight excluding hydrogens is 260 g/mol. The summed E-state index contributed by atoms with van der Waals surface area (Å²) in [7, 11) is 0. The van der Waals surface area contributed by atoms with E-state index in [1.165, 1.54) is 5.39 Å². The Morgan fingerprint density at radius 1 is 1.24 bits per heavy atom. The lowest BCUT2D eigenvalue weighted by atomic mass is 10.1. The minimum Gasteiger partial charge on any atom is -0.355 e. The molecule has 1 N–H and O–H groups in total. The van der Waals surface area contributed by atoms with Crippen molar-refractivity contribution >= 4 is 16.7 Å². The first kappa shape index (κ1) is 13.6. The van der Waals surface area contributed by atoms with E-state index in [-0.39, 0.29) is 0 Å². The van der Waals surface area contributed by atoms with Crippen molar-refractivity contribution in [1.82, 2.24) is 14.5 Å². The van der Waals surface area contributed by atoms with Crippen molar-refractivity contribution in [3.63, 3.8) is 0 Å². The molecule has 0 fully saturated rings. The largest absolute Gasteiger partial charge is 0.355 e. The Hall–Kier alpha value is -2.36. The predicted octanol–water partition coefficient (Wildman–Crippen LogP) is 3.80. The van der Waals surface area contributed by atoms with Crippen LogP contribution in [0.15, 0.2) is 42.9 Å². The molecule has 0 saturated carbocycles. The van der Waals surface area contributed by atoms with Crippen LogP contribution in [0.3, 0.4) is 0 Å². The number of fused-ring (bicyclic) bond motifs is 1. The van der Waals surface area contributed by atoms with Crippen molar-refractivity contribution in [2.24, 2.45) is 5.92 Å². The van der Waals surface area contributed by atoms with Gasteiger partial charge in [-0.25, -0.2) is 4.98 Å². The molecule has 0 bridgehead atoms. The molecular formula is C17H20N4. The molecule has 3 aromatic rings. The SMILES string of the molecule is Cc1cn(-c2cccc3ccncc23)c(NCC(C)C)n1. The van der Waals surface area contributed by atoms with Crippen LogP contribution >= 0.6 is 0 Å². The number of aromatic nitrogens is 3. The highest BCUT2D eigenvalue weighted by molar-refractivity contribution is 5.89. The molecule has 21 heavy (non-hydrogen) atoms. The minimum absolute atomic E-state index is 0.574. The number of nitrogens with zero attached hydrogens (tertiary/aromatic N) is 3. The van der Waals surface area contributed by atoms with Crippen LogP contribution in [0.2, 0.25) is 0 Å². The van der Waals surface area contributed by atoms with Crippen molar-refractivity contribution in [1.29, 1.82) is 0 Å². The third-order valence-corrected chi connectivity index (χ3v) is 3.41. The fourth-order valence-electron chi connectivity index (χ4n) is 2.41. The van der Waals surface area contributed by atoms with Crippen LogP contribution in [0.1, 0.15) is 19.5 Å². The number of pyridine rings is 1. The third-order valence-electron chi connectivity index (χ3n) is 3.41. The van der Waals surface area contributed by atoms with Crippen LogP contribution < -0.4 is 5.32 Å². The second-order valence-corrected chi connectivity index (χ2v) is 5.72. The Kier molecular flexibility index (Phi) is 3.60. The second-order valence-electron chi connectivity index (χ2n) is 5.72. The normalized spacial score (nSPS) is 11.2. The third kappa shape index (κ3) is 2.75. The van der Waals surface area contributed by atoms with E-state index >= 15 is 0 Å². The zero-order chi connectivity index (χ0) is 14.8. The summed E-state index contributed by atoms with van der Waals surface area (Å²) >= 11 is 0. The number of hydrogen-bond donors (Lipinski definition) is 1. The van der Waals surface area contributed by atoms with Crippen molar-refractivity contribution in [3.05, 3.63) is 48.5 Å². The van der Waals surface area contributed by atoms with Gasteiger partial charge in [0.15, 0.2) is 0 Å². The summed E-state index contributed by atoms with van der Waals surface area (Å²) < 4.78 is 2.11. The first-order valence-corrected chi connectivity index (χ1v) is 7.28. The first-order chi connectivity index (χ1) is 10.1. The predicted molar refractivity (Wildman–Crippen MR) is 86.9 cm³/mol. The number of rotatable bonds is 4. The van der Waals surface area contributed by atoms with E-state index in [2.05, 4.69) is 58.1 Å². The van der Waals surface area contributed by atoms with Crippen LogP contribution in [0, 0.1) is 12.8 Å². The van der Waals surface area contributed by atoms with Gasteiger partial charge in [-0.05, 0) is 30.4 Å². The monoisotopic (exact) mass is 280 g/mol. The van der Waals surface area contributed by atoms with E-state index in [9.17, 15) is 0 Å². The van der Waals surface area contributed by atoms with Crippen molar-refractivity contribution < 1.29 is 0 Å². The molecule has 3 rings (SSSR count). The van der Waals surface area contributed by atoms with Gasteiger partial charge in [-0.15, -0.1) is 0 Å². The lowest BCUT2D eigenvalue weighted by Crippen LogP contribution is -2.12. The maximum Gasteiger partial charge on any atom is 0.207 e. The smallest absolute Gasteiger partial charge is 0.207 e. The van der Waals surface area contributed by atoms with Crippen LogP contribution in [0.5, 0.6) is 0 Å². The molecule has 4 nitrogen and oxygen atoms in total. The lowest BCUT2D eigenvalue weighted by molar-refractivity contribution is 0.683. The van der Waals surface area contributed by atoms with Crippen molar-refractivity contribution in [2.45, 2.75) is 20.8 Å². The van der Waals surface area contributed by atoms with Gasteiger partial charge in [0.2, 0.25) is 5.95 Å². The second kappa shape index (κ2) is 5.56. The summed E-state index contributed by atoms with van der Waals surface area (Å²) in [6, 6.07) is 8.31. The van der Waals surface area contributed by atoms with Crippen LogP contribution in [0.4, 0.5) is 5.95 Å². The average molecular weight is 280 g/mol. The van der Waals surface area contributed by atoms with Gasteiger partial charge >= 0.3 is 0 Å². The van der Waals surface area contributed by atoms with E-state index in [0.717, 1.165) is 29.3 Å². The van der Waals surface area contributed by atoms with Gasteiger partial charge in [-0.1, -0.05) is 26.0 Å². The molecule has 4 heteroatoms. The molecule has 0 amide bonds. The highest BCUT2D eigenvalue weighted by atomic mass is 15.2. The van der Waals surface area contributed by atoms with Crippen molar-refractivity contribution in [3.8, 4) is 5.69 Å². The molecule has 0 aliphatic rings. The van der Waals surface area contributed by atoms with E-state index in [4.69, 9.17) is 0 Å².